The molecule has 0 bridgehead atoms. The van der Waals surface area contributed by atoms with E-state index in [1.54, 1.807) is 0 Å². The van der Waals surface area contributed by atoms with Crippen molar-refractivity contribution in [2.45, 2.75) is 6.42 Å². The Balaban J connectivity index is 1.60. The minimum atomic E-state index is -0.797. The molecule has 23 heavy (non-hydrogen) atoms. The van der Waals surface area contributed by atoms with Gasteiger partial charge in [-0.3, -0.25) is 4.79 Å². The standard InChI is InChI=1S/C18H19ClN2O2/c19-15-3-7-17(8-4-15)21-11-9-20(10-12-21)16-5-1-14(2-6-16)13-18(22)23/h1-8H,9-13H2,(H,22,23). The van der Waals surface area contributed by atoms with Gasteiger partial charge in [0, 0.05) is 42.6 Å². The van der Waals surface area contributed by atoms with Crippen LogP contribution in [-0.4, -0.2) is 37.3 Å². The van der Waals surface area contributed by atoms with E-state index in [-0.39, 0.29) is 6.42 Å². The third kappa shape index (κ3) is 3.96. The van der Waals surface area contributed by atoms with E-state index < -0.39 is 5.97 Å². The molecule has 1 fully saturated rings. The van der Waals surface area contributed by atoms with Crippen molar-refractivity contribution < 1.29 is 9.90 Å². The van der Waals surface area contributed by atoms with Gasteiger partial charge in [-0.1, -0.05) is 23.7 Å². The van der Waals surface area contributed by atoms with Gasteiger partial charge in [-0.25, -0.2) is 0 Å². The van der Waals surface area contributed by atoms with Crippen molar-refractivity contribution in [1.29, 1.82) is 0 Å². The van der Waals surface area contributed by atoms with Crippen LogP contribution in [-0.2, 0) is 11.2 Å². The first kappa shape index (κ1) is 15.7. The molecule has 0 unspecified atom stereocenters. The smallest absolute Gasteiger partial charge is 0.307 e. The topological polar surface area (TPSA) is 43.8 Å². The molecule has 2 aromatic rings. The van der Waals surface area contributed by atoms with Crippen molar-refractivity contribution in [3.8, 4) is 0 Å². The van der Waals surface area contributed by atoms with E-state index in [9.17, 15) is 4.79 Å². The zero-order chi connectivity index (χ0) is 16.2. The highest BCUT2D eigenvalue weighted by Crippen LogP contribution is 2.22. The van der Waals surface area contributed by atoms with Gasteiger partial charge >= 0.3 is 5.97 Å². The number of carboxylic acid groups (broad SMARTS) is 1. The normalized spacial score (nSPS) is 14.8. The van der Waals surface area contributed by atoms with Gasteiger partial charge in [0.25, 0.3) is 0 Å². The number of carboxylic acids is 1. The van der Waals surface area contributed by atoms with Crippen molar-refractivity contribution >= 4 is 28.9 Å². The number of piperazine rings is 1. The predicted molar refractivity (Wildman–Crippen MR) is 93.7 cm³/mol. The Hall–Kier alpha value is -2.20. The minimum Gasteiger partial charge on any atom is -0.481 e. The third-order valence-electron chi connectivity index (χ3n) is 4.13. The third-order valence-corrected chi connectivity index (χ3v) is 4.38. The summed E-state index contributed by atoms with van der Waals surface area (Å²) >= 11 is 5.93. The Kier molecular flexibility index (Phi) is 4.72. The number of anilines is 2. The summed E-state index contributed by atoms with van der Waals surface area (Å²) in [6.45, 7) is 3.80. The minimum absolute atomic E-state index is 0.0740. The maximum Gasteiger partial charge on any atom is 0.307 e. The monoisotopic (exact) mass is 330 g/mol. The predicted octanol–water partition coefficient (Wildman–Crippen LogP) is 3.29. The number of hydrogen-bond acceptors (Lipinski definition) is 3. The lowest BCUT2D eigenvalue weighted by Crippen LogP contribution is -2.46. The van der Waals surface area contributed by atoms with Crippen molar-refractivity contribution in [3.63, 3.8) is 0 Å². The highest BCUT2D eigenvalue weighted by atomic mass is 35.5. The molecule has 0 saturated carbocycles. The molecular weight excluding hydrogens is 312 g/mol. The van der Waals surface area contributed by atoms with Crippen LogP contribution in [0.1, 0.15) is 5.56 Å². The fourth-order valence-corrected chi connectivity index (χ4v) is 3.00. The summed E-state index contributed by atoms with van der Waals surface area (Å²) in [6.07, 6.45) is 0.0740. The van der Waals surface area contributed by atoms with E-state index in [0.29, 0.717) is 0 Å². The summed E-state index contributed by atoms with van der Waals surface area (Å²) in [7, 11) is 0. The Bertz CT molecular complexity index is 662. The summed E-state index contributed by atoms with van der Waals surface area (Å²) in [6, 6.07) is 15.8. The highest BCUT2D eigenvalue weighted by molar-refractivity contribution is 6.30. The Morgan fingerprint density at radius 3 is 1.74 bits per heavy atom. The second kappa shape index (κ2) is 6.92. The lowest BCUT2D eigenvalue weighted by atomic mass is 10.1. The maximum atomic E-state index is 10.7. The summed E-state index contributed by atoms with van der Waals surface area (Å²) in [4.78, 5) is 15.4. The Morgan fingerprint density at radius 2 is 1.30 bits per heavy atom. The van der Waals surface area contributed by atoms with Gasteiger partial charge in [0.15, 0.2) is 0 Å². The average molecular weight is 331 g/mol. The van der Waals surface area contributed by atoms with Crippen LogP contribution in [0.15, 0.2) is 48.5 Å². The molecule has 5 heteroatoms. The summed E-state index contributed by atoms with van der Waals surface area (Å²) in [5.74, 6) is -0.797. The van der Waals surface area contributed by atoms with Gasteiger partial charge in [-0.15, -0.1) is 0 Å². The first-order chi connectivity index (χ1) is 11.1. The SMILES string of the molecule is O=C(O)Cc1ccc(N2CCN(c3ccc(Cl)cc3)CC2)cc1. The molecule has 4 nitrogen and oxygen atoms in total. The van der Waals surface area contributed by atoms with Crippen LogP contribution in [0, 0.1) is 0 Å². The number of nitrogens with zero attached hydrogens (tertiary/aromatic N) is 2. The number of hydrogen-bond donors (Lipinski definition) is 1. The molecule has 0 aromatic heterocycles. The summed E-state index contributed by atoms with van der Waals surface area (Å²) in [5, 5.41) is 9.57. The molecule has 0 amide bonds. The van der Waals surface area contributed by atoms with Crippen molar-refractivity contribution in [2.75, 3.05) is 36.0 Å². The molecule has 1 aliphatic rings. The summed E-state index contributed by atoms with van der Waals surface area (Å²) < 4.78 is 0. The van der Waals surface area contributed by atoms with Gasteiger partial charge in [0.1, 0.15) is 0 Å². The molecule has 1 heterocycles. The van der Waals surface area contributed by atoms with Crippen LogP contribution in [0.3, 0.4) is 0 Å². The number of rotatable bonds is 4. The molecule has 3 rings (SSSR count). The average Bonchev–Trinajstić information content (AvgIpc) is 2.56. The molecule has 0 atom stereocenters. The second-order valence-electron chi connectivity index (χ2n) is 5.69. The van der Waals surface area contributed by atoms with Crippen molar-refractivity contribution in [1.82, 2.24) is 0 Å². The van der Waals surface area contributed by atoms with Gasteiger partial charge < -0.3 is 14.9 Å². The maximum absolute atomic E-state index is 10.7. The van der Waals surface area contributed by atoms with Crippen LogP contribution in [0.2, 0.25) is 5.02 Å². The van der Waals surface area contributed by atoms with Crippen LogP contribution in [0.25, 0.3) is 0 Å². The fourth-order valence-electron chi connectivity index (χ4n) is 2.87. The van der Waals surface area contributed by atoms with Crippen LogP contribution in [0.5, 0.6) is 0 Å². The van der Waals surface area contributed by atoms with E-state index in [1.165, 1.54) is 5.69 Å². The molecule has 1 N–H and O–H groups in total. The largest absolute Gasteiger partial charge is 0.481 e. The molecule has 0 aliphatic carbocycles. The van der Waals surface area contributed by atoms with E-state index in [4.69, 9.17) is 16.7 Å². The van der Waals surface area contributed by atoms with Gasteiger partial charge in [0.2, 0.25) is 0 Å². The zero-order valence-electron chi connectivity index (χ0n) is 12.8. The summed E-state index contributed by atoms with van der Waals surface area (Å²) in [5.41, 5.74) is 3.18. The fraction of sp³-hybridized carbons (Fsp3) is 0.278. The van der Waals surface area contributed by atoms with E-state index >= 15 is 0 Å². The molecular formula is C18H19ClN2O2. The van der Waals surface area contributed by atoms with Gasteiger partial charge in [-0.05, 0) is 42.0 Å². The number of aliphatic carboxylic acids is 1. The molecule has 2 aromatic carbocycles. The first-order valence-electron chi connectivity index (χ1n) is 7.68. The number of carbonyl (C=O) groups is 1. The van der Waals surface area contributed by atoms with Crippen molar-refractivity contribution in [2.24, 2.45) is 0 Å². The van der Waals surface area contributed by atoms with E-state index in [1.807, 2.05) is 36.4 Å². The first-order valence-corrected chi connectivity index (χ1v) is 8.06. The molecule has 0 radical (unpaired) electrons. The van der Waals surface area contributed by atoms with Gasteiger partial charge in [-0.2, -0.15) is 0 Å². The lowest BCUT2D eigenvalue weighted by Gasteiger charge is -2.37. The highest BCUT2D eigenvalue weighted by Gasteiger charge is 2.17. The molecule has 1 saturated heterocycles. The second-order valence-corrected chi connectivity index (χ2v) is 6.12. The quantitative estimate of drug-likeness (QED) is 0.934. The van der Waals surface area contributed by atoms with E-state index in [2.05, 4.69) is 21.9 Å². The number of halogens is 1. The van der Waals surface area contributed by atoms with Crippen LogP contribution in [0.4, 0.5) is 11.4 Å². The molecule has 1 aliphatic heterocycles. The van der Waals surface area contributed by atoms with Crippen LogP contribution < -0.4 is 9.80 Å². The van der Waals surface area contributed by atoms with Crippen molar-refractivity contribution in [3.05, 3.63) is 59.1 Å². The Labute approximate surface area is 140 Å². The van der Waals surface area contributed by atoms with Crippen LogP contribution >= 0.6 is 11.6 Å². The van der Waals surface area contributed by atoms with E-state index in [0.717, 1.165) is 42.5 Å². The zero-order valence-corrected chi connectivity index (χ0v) is 13.5. The van der Waals surface area contributed by atoms with Gasteiger partial charge in [0.05, 0.1) is 6.42 Å². The lowest BCUT2D eigenvalue weighted by molar-refractivity contribution is -0.136. The molecule has 0 spiro atoms. The number of benzene rings is 2. The Morgan fingerprint density at radius 1 is 0.870 bits per heavy atom. The molecule has 120 valence electrons.